The van der Waals surface area contributed by atoms with E-state index in [0.717, 1.165) is 16.5 Å². The van der Waals surface area contributed by atoms with Gasteiger partial charge in [-0.15, -0.1) is 0 Å². The lowest BCUT2D eigenvalue weighted by Gasteiger charge is -2.13. The number of aliphatic hydroxyl groups excluding tert-OH is 1. The van der Waals surface area contributed by atoms with Crippen molar-refractivity contribution in [2.45, 2.75) is 38.3 Å². The molecule has 1 aromatic carbocycles. The highest BCUT2D eigenvalue weighted by atomic mass is 16.3. The number of nitrogens with two attached hydrogens (primary N) is 1. The van der Waals surface area contributed by atoms with Crippen LogP contribution >= 0.6 is 0 Å². The molecule has 0 aliphatic rings. The van der Waals surface area contributed by atoms with Gasteiger partial charge in [0.2, 0.25) is 5.91 Å². The minimum Gasteiger partial charge on any atom is -0.393 e. The number of hydrogen-bond donors (Lipinski definition) is 4. The normalized spacial score (nSPS) is 14.0. The Morgan fingerprint density at radius 1 is 1.43 bits per heavy atom. The molecule has 0 spiro atoms. The third-order valence-electron chi connectivity index (χ3n) is 3.70. The lowest BCUT2D eigenvalue weighted by atomic mass is 10.0. The summed E-state index contributed by atoms with van der Waals surface area (Å²) in [7, 11) is 0. The Labute approximate surface area is 124 Å². The van der Waals surface area contributed by atoms with Gasteiger partial charge in [0, 0.05) is 23.6 Å². The average Bonchev–Trinajstić information content (AvgIpc) is 2.90. The van der Waals surface area contributed by atoms with Crippen LogP contribution < -0.4 is 11.1 Å². The Kier molecular flexibility index (Phi) is 5.36. The lowest BCUT2D eigenvalue weighted by molar-refractivity contribution is -0.122. The molecule has 0 fully saturated rings. The predicted molar refractivity (Wildman–Crippen MR) is 83.9 cm³/mol. The van der Waals surface area contributed by atoms with Gasteiger partial charge in [-0.2, -0.15) is 0 Å². The number of aromatic amines is 1. The van der Waals surface area contributed by atoms with E-state index in [-0.39, 0.29) is 12.0 Å². The first-order valence-corrected chi connectivity index (χ1v) is 7.38. The first kappa shape index (κ1) is 15.5. The number of H-pyrrole nitrogens is 1. The summed E-state index contributed by atoms with van der Waals surface area (Å²) in [5, 5.41) is 13.3. The molecule has 5 heteroatoms. The van der Waals surface area contributed by atoms with Crippen molar-refractivity contribution in [2.24, 2.45) is 5.73 Å². The summed E-state index contributed by atoms with van der Waals surface area (Å²) in [6, 6.07) is 7.37. The van der Waals surface area contributed by atoms with Gasteiger partial charge in [-0.1, -0.05) is 25.1 Å². The Balaban J connectivity index is 1.88. The number of carbonyl (C=O) groups excluding carboxylic acids is 1. The molecule has 1 amide bonds. The molecule has 1 aromatic heterocycles. The van der Waals surface area contributed by atoms with Gasteiger partial charge in [-0.25, -0.2) is 0 Å². The number of para-hydroxylation sites is 1. The molecule has 1 unspecified atom stereocenters. The van der Waals surface area contributed by atoms with E-state index < -0.39 is 6.04 Å². The van der Waals surface area contributed by atoms with Crippen molar-refractivity contribution in [1.29, 1.82) is 0 Å². The van der Waals surface area contributed by atoms with E-state index in [0.29, 0.717) is 25.8 Å². The van der Waals surface area contributed by atoms with Crippen molar-refractivity contribution in [2.75, 3.05) is 6.54 Å². The fourth-order valence-corrected chi connectivity index (χ4v) is 2.33. The number of fused-ring (bicyclic) bond motifs is 1. The van der Waals surface area contributed by atoms with E-state index in [2.05, 4.69) is 10.3 Å². The fourth-order valence-electron chi connectivity index (χ4n) is 2.33. The molecule has 0 radical (unpaired) electrons. The Morgan fingerprint density at radius 3 is 2.95 bits per heavy atom. The molecule has 0 bridgehead atoms. The molecule has 2 atom stereocenters. The second-order valence-corrected chi connectivity index (χ2v) is 5.31. The van der Waals surface area contributed by atoms with Crippen LogP contribution in [0, 0.1) is 0 Å². The monoisotopic (exact) mass is 289 g/mol. The van der Waals surface area contributed by atoms with Crippen molar-refractivity contribution in [1.82, 2.24) is 10.3 Å². The van der Waals surface area contributed by atoms with Crippen LogP contribution in [0.25, 0.3) is 10.9 Å². The maximum atomic E-state index is 11.9. The Morgan fingerprint density at radius 2 is 2.19 bits per heavy atom. The molecule has 114 valence electrons. The summed E-state index contributed by atoms with van der Waals surface area (Å²) in [5.74, 6) is -0.177. The van der Waals surface area contributed by atoms with Gasteiger partial charge >= 0.3 is 0 Å². The number of aromatic nitrogens is 1. The highest BCUT2D eigenvalue weighted by Crippen LogP contribution is 2.18. The first-order valence-electron chi connectivity index (χ1n) is 7.38. The molecule has 5 N–H and O–H groups in total. The summed E-state index contributed by atoms with van der Waals surface area (Å²) in [4.78, 5) is 15.1. The van der Waals surface area contributed by atoms with E-state index >= 15 is 0 Å². The minimum atomic E-state index is -0.581. The van der Waals surface area contributed by atoms with Gasteiger partial charge in [0.05, 0.1) is 12.1 Å². The topological polar surface area (TPSA) is 91.1 Å². The van der Waals surface area contributed by atoms with Gasteiger partial charge in [0.1, 0.15) is 0 Å². The van der Waals surface area contributed by atoms with Crippen LogP contribution in [0.15, 0.2) is 30.5 Å². The van der Waals surface area contributed by atoms with Gasteiger partial charge in [-0.3, -0.25) is 4.79 Å². The number of hydrogen-bond acceptors (Lipinski definition) is 3. The molecule has 5 nitrogen and oxygen atoms in total. The molecule has 0 saturated heterocycles. The maximum absolute atomic E-state index is 11.9. The minimum absolute atomic E-state index is 0.177. The molecule has 0 aliphatic carbocycles. The van der Waals surface area contributed by atoms with Crippen LogP contribution in [0.3, 0.4) is 0 Å². The van der Waals surface area contributed by atoms with Crippen LogP contribution in [0.1, 0.15) is 25.3 Å². The average molecular weight is 289 g/mol. The Hall–Kier alpha value is -1.85. The van der Waals surface area contributed by atoms with Gasteiger partial charge < -0.3 is 21.1 Å². The largest absolute Gasteiger partial charge is 0.393 e. The second-order valence-electron chi connectivity index (χ2n) is 5.31. The lowest BCUT2D eigenvalue weighted by Crippen LogP contribution is -2.42. The van der Waals surface area contributed by atoms with Crippen molar-refractivity contribution < 1.29 is 9.90 Å². The molecule has 0 aliphatic heterocycles. The highest BCUT2D eigenvalue weighted by Gasteiger charge is 2.16. The molecule has 21 heavy (non-hydrogen) atoms. The van der Waals surface area contributed by atoms with E-state index in [9.17, 15) is 9.90 Å². The zero-order valence-corrected chi connectivity index (χ0v) is 12.3. The quantitative estimate of drug-likeness (QED) is 0.619. The first-order chi connectivity index (χ1) is 10.1. The van der Waals surface area contributed by atoms with Gasteiger partial charge in [0.15, 0.2) is 0 Å². The summed E-state index contributed by atoms with van der Waals surface area (Å²) < 4.78 is 0. The number of amides is 1. The molecule has 2 aromatic rings. The van der Waals surface area contributed by atoms with E-state index in [1.165, 1.54) is 0 Å². The van der Waals surface area contributed by atoms with Crippen LogP contribution in [-0.2, 0) is 11.2 Å². The van der Waals surface area contributed by atoms with E-state index in [4.69, 9.17) is 5.73 Å². The van der Waals surface area contributed by atoms with Crippen molar-refractivity contribution >= 4 is 16.8 Å². The zero-order chi connectivity index (χ0) is 15.2. The maximum Gasteiger partial charge on any atom is 0.237 e. The standard InChI is InChI=1S/C16H23N3O2/c1-2-12(20)7-8-18-16(21)14(17)9-11-10-19-15-6-4-3-5-13(11)15/h3-6,10,12,14,19-20H,2,7-9,17H2,1H3,(H,18,21)/t12?,14-/m1/s1. The summed E-state index contributed by atoms with van der Waals surface area (Å²) in [5.41, 5.74) is 8.05. The van der Waals surface area contributed by atoms with Crippen molar-refractivity contribution in [3.63, 3.8) is 0 Å². The van der Waals surface area contributed by atoms with E-state index in [1.807, 2.05) is 37.4 Å². The number of benzene rings is 1. The van der Waals surface area contributed by atoms with Crippen LogP contribution in [-0.4, -0.2) is 34.7 Å². The fraction of sp³-hybridized carbons (Fsp3) is 0.438. The number of aliphatic hydroxyl groups is 1. The summed E-state index contributed by atoms with van der Waals surface area (Å²) in [6.45, 7) is 2.37. The van der Waals surface area contributed by atoms with Crippen molar-refractivity contribution in [3.05, 3.63) is 36.0 Å². The SMILES string of the molecule is CCC(O)CCNC(=O)[C@H](N)Cc1c[nH]c2ccccc12. The smallest absolute Gasteiger partial charge is 0.237 e. The molecule has 1 heterocycles. The molecule has 0 saturated carbocycles. The van der Waals surface area contributed by atoms with Gasteiger partial charge in [-0.05, 0) is 30.9 Å². The third-order valence-corrected chi connectivity index (χ3v) is 3.70. The molecule has 2 rings (SSSR count). The Bertz CT molecular complexity index is 594. The number of carbonyl (C=O) groups is 1. The summed E-state index contributed by atoms with van der Waals surface area (Å²) >= 11 is 0. The van der Waals surface area contributed by atoms with Crippen LogP contribution in [0.5, 0.6) is 0 Å². The molecular formula is C16H23N3O2. The zero-order valence-electron chi connectivity index (χ0n) is 12.3. The van der Waals surface area contributed by atoms with Crippen LogP contribution in [0.2, 0.25) is 0 Å². The predicted octanol–water partition coefficient (Wildman–Crippen LogP) is 1.31. The van der Waals surface area contributed by atoms with E-state index in [1.54, 1.807) is 0 Å². The second kappa shape index (κ2) is 7.24. The van der Waals surface area contributed by atoms with Gasteiger partial charge in [0.25, 0.3) is 0 Å². The highest BCUT2D eigenvalue weighted by molar-refractivity contribution is 5.86. The van der Waals surface area contributed by atoms with Crippen LogP contribution in [0.4, 0.5) is 0 Å². The third kappa shape index (κ3) is 4.06. The van der Waals surface area contributed by atoms with Crippen molar-refractivity contribution in [3.8, 4) is 0 Å². The number of rotatable bonds is 7. The summed E-state index contributed by atoms with van der Waals surface area (Å²) in [6.07, 6.45) is 3.28. The number of nitrogens with one attached hydrogen (secondary N) is 2. The molecular weight excluding hydrogens is 266 g/mol.